The van der Waals surface area contributed by atoms with Crippen LogP contribution in [0, 0.1) is 0 Å². The molecule has 7 heteroatoms. The molecule has 1 saturated carbocycles. The average molecular weight is 320 g/mol. The quantitative estimate of drug-likeness (QED) is 0.904. The van der Waals surface area contributed by atoms with Crippen LogP contribution in [-0.4, -0.2) is 63.8 Å². The van der Waals surface area contributed by atoms with Crippen molar-refractivity contribution in [3.05, 3.63) is 17.5 Å². The first-order valence-electron chi connectivity index (χ1n) is 8.16. The maximum Gasteiger partial charge on any atom is 0.410 e. The van der Waals surface area contributed by atoms with E-state index in [1.54, 1.807) is 9.80 Å². The molecule has 3 rings (SSSR count). The average Bonchev–Trinajstić information content (AvgIpc) is 3.22. The van der Waals surface area contributed by atoms with E-state index in [9.17, 15) is 9.59 Å². The number of amides is 2. The number of aromatic nitrogens is 2. The minimum Gasteiger partial charge on any atom is -0.444 e. The van der Waals surface area contributed by atoms with Gasteiger partial charge in [-0.3, -0.25) is 9.89 Å². The van der Waals surface area contributed by atoms with Gasteiger partial charge in [0, 0.05) is 37.8 Å². The fourth-order valence-corrected chi connectivity index (χ4v) is 2.63. The first kappa shape index (κ1) is 15.8. The molecule has 126 valence electrons. The van der Waals surface area contributed by atoms with Crippen LogP contribution in [0.4, 0.5) is 4.79 Å². The smallest absolute Gasteiger partial charge is 0.410 e. The van der Waals surface area contributed by atoms with E-state index >= 15 is 0 Å². The van der Waals surface area contributed by atoms with Crippen molar-refractivity contribution in [2.75, 3.05) is 26.2 Å². The number of nitrogens with zero attached hydrogens (tertiary/aromatic N) is 3. The predicted molar refractivity (Wildman–Crippen MR) is 84.3 cm³/mol. The molecule has 2 aliphatic rings. The summed E-state index contributed by atoms with van der Waals surface area (Å²) in [6.07, 6.45) is 2.02. The summed E-state index contributed by atoms with van der Waals surface area (Å²) in [5.41, 5.74) is 1.02. The largest absolute Gasteiger partial charge is 0.444 e. The number of hydrogen-bond acceptors (Lipinski definition) is 4. The molecule has 1 aliphatic carbocycles. The lowest BCUT2D eigenvalue weighted by atomic mass is 10.2. The molecule has 1 aliphatic heterocycles. The third kappa shape index (κ3) is 3.83. The second-order valence-electron chi connectivity index (χ2n) is 7.24. The van der Waals surface area contributed by atoms with Crippen molar-refractivity contribution in [1.29, 1.82) is 0 Å². The molecule has 2 fully saturated rings. The first-order chi connectivity index (χ1) is 10.8. The Morgan fingerprint density at radius 2 is 1.78 bits per heavy atom. The molecular weight excluding hydrogens is 296 g/mol. The van der Waals surface area contributed by atoms with E-state index in [1.807, 2.05) is 26.8 Å². The standard InChI is InChI=1S/C16H24N4O3/c1-16(2,3)23-15(22)20-8-6-19(7-9-20)14(21)13-10-12(17-18-13)11-4-5-11/h10-11H,4-9H2,1-3H3,(H,17,18). The topological polar surface area (TPSA) is 78.5 Å². The number of rotatable bonds is 2. The van der Waals surface area contributed by atoms with Gasteiger partial charge in [-0.05, 0) is 39.7 Å². The zero-order valence-corrected chi connectivity index (χ0v) is 14.0. The molecular formula is C16H24N4O3. The molecule has 1 aromatic heterocycles. The highest BCUT2D eigenvalue weighted by Gasteiger charge is 2.30. The number of hydrogen-bond donors (Lipinski definition) is 1. The Hall–Kier alpha value is -2.05. The van der Waals surface area contributed by atoms with E-state index in [0.717, 1.165) is 5.69 Å². The van der Waals surface area contributed by atoms with Gasteiger partial charge in [0.25, 0.3) is 5.91 Å². The minimum atomic E-state index is -0.502. The second-order valence-corrected chi connectivity index (χ2v) is 7.24. The van der Waals surface area contributed by atoms with Crippen molar-refractivity contribution in [1.82, 2.24) is 20.0 Å². The molecule has 1 N–H and O–H groups in total. The molecule has 23 heavy (non-hydrogen) atoms. The summed E-state index contributed by atoms with van der Waals surface area (Å²) < 4.78 is 5.36. The lowest BCUT2D eigenvalue weighted by molar-refractivity contribution is 0.0140. The molecule has 1 aromatic rings. The molecule has 0 spiro atoms. The van der Waals surface area contributed by atoms with E-state index in [1.165, 1.54) is 12.8 Å². The SMILES string of the molecule is CC(C)(C)OC(=O)N1CCN(C(=O)c2cc(C3CC3)[nH]n2)CC1. The van der Waals surface area contributed by atoms with Gasteiger partial charge in [0.05, 0.1) is 0 Å². The van der Waals surface area contributed by atoms with Gasteiger partial charge < -0.3 is 14.5 Å². The molecule has 1 saturated heterocycles. The summed E-state index contributed by atoms with van der Waals surface area (Å²) in [5, 5.41) is 7.09. The van der Waals surface area contributed by atoms with Gasteiger partial charge in [0.2, 0.25) is 0 Å². The van der Waals surface area contributed by atoms with Gasteiger partial charge >= 0.3 is 6.09 Å². The summed E-state index contributed by atoms with van der Waals surface area (Å²) in [6.45, 7) is 7.52. The number of carbonyl (C=O) groups excluding carboxylic acids is 2. The fraction of sp³-hybridized carbons (Fsp3) is 0.688. The minimum absolute atomic E-state index is 0.0722. The van der Waals surface area contributed by atoms with Gasteiger partial charge in [-0.25, -0.2) is 4.79 Å². The van der Waals surface area contributed by atoms with Crippen LogP contribution < -0.4 is 0 Å². The monoisotopic (exact) mass is 320 g/mol. The third-order valence-electron chi connectivity index (χ3n) is 4.05. The number of carbonyl (C=O) groups is 2. The maximum absolute atomic E-state index is 12.5. The molecule has 0 aromatic carbocycles. The van der Waals surface area contributed by atoms with Gasteiger partial charge in [-0.2, -0.15) is 5.10 Å². The summed E-state index contributed by atoms with van der Waals surface area (Å²) in [7, 11) is 0. The Balaban J connectivity index is 1.53. The Kier molecular flexibility index (Phi) is 4.04. The molecule has 7 nitrogen and oxygen atoms in total. The van der Waals surface area contributed by atoms with Crippen molar-refractivity contribution in [2.24, 2.45) is 0 Å². The van der Waals surface area contributed by atoms with Crippen LogP contribution in [0.15, 0.2) is 6.07 Å². The van der Waals surface area contributed by atoms with Crippen molar-refractivity contribution in [3.63, 3.8) is 0 Å². The van der Waals surface area contributed by atoms with E-state index < -0.39 is 5.60 Å². The lowest BCUT2D eigenvalue weighted by Crippen LogP contribution is -2.51. The van der Waals surface area contributed by atoms with Crippen LogP contribution in [-0.2, 0) is 4.74 Å². The molecule has 0 bridgehead atoms. The van der Waals surface area contributed by atoms with Gasteiger partial charge in [-0.15, -0.1) is 0 Å². The Morgan fingerprint density at radius 1 is 1.17 bits per heavy atom. The zero-order chi connectivity index (χ0) is 16.6. The van der Waals surface area contributed by atoms with E-state index in [0.29, 0.717) is 37.8 Å². The van der Waals surface area contributed by atoms with Crippen LogP contribution in [0.2, 0.25) is 0 Å². The molecule has 0 unspecified atom stereocenters. The number of piperazine rings is 1. The maximum atomic E-state index is 12.5. The van der Waals surface area contributed by atoms with Crippen molar-refractivity contribution >= 4 is 12.0 Å². The lowest BCUT2D eigenvalue weighted by Gasteiger charge is -2.35. The van der Waals surface area contributed by atoms with E-state index in [4.69, 9.17) is 4.74 Å². The van der Waals surface area contributed by atoms with Gasteiger partial charge in [-0.1, -0.05) is 0 Å². The normalized spacial score (nSPS) is 18.9. The van der Waals surface area contributed by atoms with Gasteiger partial charge in [0.15, 0.2) is 0 Å². The number of H-pyrrole nitrogens is 1. The van der Waals surface area contributed by atoms with Crippen LogP contribution in [0.25, 0.3) is 0 Å². The second kappa shape index (κ2) is 5.86. The third-order valence-corrected chi connectivity index (χ3v) is 4.05. The Bertz CT molecular complexity index is 593. The Morgan fingerprint density at radius 3 is 2.35 bits per heavy atom. The van der Waals surface area contributed by atoms with Crippen LogP contribution in [0.3, 0.4) is 0 Å². The summed E-state index contributed by atoms with van der Waals surface area (Å²) in [4.78, 5) is 27.9. The highest BCUT2D eigenvalue weighted by Crippen LogP contribution is 2.39. The molecule has 2 heterocycles. The van der Waals surface area contributed by atoms with Crippen LogP contribution in [0.1, 0.15) is 55.7 Å². The van der Waals surface area contributed by atoms with Crippen LogP contribution >= 0.6 is 0 Å². The number of ether oxygens (including phenoxy) is 1. The van der Waals surface area contributed by atoms with E-state index in [2.05, 4.69) is 10.2 Å². The highest BCUT2D eigenvalue weighted by atomic mass is 16.6. The summed E-state index contributed by atoms with van der Waals surface area (Å²) in [5.74, 6) is 0.477. The Labute approximate surface area is 136 Å². The van der Waals surface area contributed by atoms with Crippen molar-refractivity contribution in [2.45, 2.75) is 45.1 Å². The summed E-state index contributed by atoms with van der Waals surface area (Å²) >= 11 is 0. The van der Waals surface area contributed by atoms with Crippen molar-refractivity contribution in [3.8, 4) is 0 Å². The molecule has 0 atom stereocenters. The first-order valence-corrected chi connectivity index (χ1v) is 8.16. The molecule has 2 amide bonds. The van der Waals surface area contributed by atoms with E-state index in [-0.39, 0.29) is 12.0 Å². The fourth-order valence-electron chi connectivity index (χ4n) is 2.63. The highest BCUT2D eigenvalue weighted by molar-refractivity contribution is 5.92. The number of aromatic amines is 1. The summed E-state index contributed by atoms with van der Waals surface area (Å²) in [6, 6.07) is 1.86. The zero-order valence-electron chi connectivity index (χ0n) is 14.0. The molecule has 0 radical (unpaired) electrons. The predicted octanol–water partition coefficient (Wildman–Crippen LogP) is 1.98. The van der Waals surface area contributed by atoms with Crippen LogP contribution in [0.5, 0.6) is 0 Å². The number of nitrogens with one attached hydrogen (secondary N) is 1. The van der Waals surface area contributed by atoms with Crippen molar-refractivity contribution < 1.29 is 14.3 Å². The van der Waals surface area contributed by atoms with Gasteiger partial charge in [0.1, 0.15) is 11.3 Å².